The molecule has 1 N–H and O–H groups in total. The van der Waals surface area contributed by atoms with Gasteiger partial charge in [-0.25, -0.2) is 5.01 Å². The summed E-state index contributed by atoms with van der Waals surface area (Å²) in [4.78, 5) is 29.5. The first-order valence-electron chi connectivity index (χ1n) is 11.3. The number of carbonyl (C=O) groups is 1. The van der Waals surface area contributed by atoms with E-state index in [1.807, 2.05) is 78.9 Å². The molecule has 5 rings (SSSR count). The molecule has 2 heterocycles. The molecule has 1 aromatic heterocycles. The number of H-pyrrole nitrogens is 1. The molecule has 7 nitrogen and oxygen atoms in total. The number of methoxy groups -OCH3 is 2. The van der Waals surface area contributed by atoms with Gasteiger partial charge in [0, 0.05) is 30.0 Å². The van der Waals surface area contributed by atoms with E-state index in [-0.39, 0.29) is 18.1 Å². The number of rotatable bonds is 6. The molecule has 0 radical (unpaired) electrons. The molecule has 3 aromatic carbocycles. The van der Waals surface area contributed by atoms with Crippen LogP contribution in [0.5, 0.6) is 5.75 Å². The number of carbonyl (C=O) groups excluding carboxylic acids is 1. The van der Waals surface area contributed by atoms with Gasteiger partial charge in [-0.2, -0.15) is 5.10 Å². The normalized spacial score (nSPS) is 15.3. The summed E-state index contributed by atoms with van der Waals surface area (Å²) in [6.45, 7) is -0.114. The number of hydrazone groups is 1. The van der Waals surface area contributed by atoms with Crippen molar-refractivity contribution in [2.45, 2.75) is 12.5 Å². The van der Waals surface area contributed by atoms with Crippen molar-refractivity contribution in [1.29, 1.82) is 0 Å². The van der Waals surface area contributed by atoms with E-state index in [1.54, 1.807) is 7.11 Å². The third-order valence-electron chi connectivity index (χ3n) is 6.18. The van der Waals surface area contributed by atoms with Gasteiger partial charge >= 0.3 is 0 Å². The van der Waals surface area contributed by atoms with Crippen LogP contribution >= 0.6 is 0 Å². The monoisotopic (exact) mass is 467 g/mol. The summed E-state index contributed by atoms with van der Waals surface area (Å²) in [5.74, 6) is 0.400. The van der Waals surface area contributed by atoms with Gasteiger partial charge in [0.05, 0.1) is 24.4 Å². The summed E-state index contributed by atoms with van der Waals surface area (Å²) in [5.41, 5.74) is 4.10. The lowest BCUT2D eigenvalue weighted by Crippen LogP contribution is -2.30. The van der Waals surface area contributed by atoms with Crippen molar-refractivity contribution in [2.24, 2.45) is 5.10 Å². The predicted molar refractivity (Wildman–Crippen MR) is 136 cm³/mol. The molecule has 1 atom stereocenters. The second kappa shape index (κ2) is 9.56. The van der Waals surface area contributed by atoms with E-state index < -0.39 is 6.04 Å². The van der Waals surface area contributed by atoms with Crippen LogP contribution in [0.2, 0.25) is 0 Å². The van der Waals surface area contributed by atoms with Crippen LogP contribution in [-0.2, 0) is 9.53 Å². The van der Waals surface area contributed by atoms with E-state index in [9.17, 15) is 9.59 Å². The fraction of sp³-hybridized carbons (Fsp3) is 0.179. The second-order valence-electron chi connectivity index (χ2n) is 8.33. The van der Waals surface area contributed by atoms with Crippen molar-refractivity contribution in [3.63, 3.8) is 0 Å². The van der Waals surface area contributed by atoms with Gasteiger partial charge in [0.2, 0.25) is 0 Å². The summed E-state index contributed by atoms with van der Waals surface area (Å²) in [5, 5.41) is 7.04. The van der Waals surface area contributed by atoms with Crippen LogP contribution in [-0.4, -0.2) is 42.4 Å². The Balaban J connectivity index is 1.70. The highest BCUT2D eigenvalue weighted by molar-refractivity contribution is 6.12. The molecule has 0 bridgehead atoms. The van der Waals surface area contributed by atoms with Gasteiger partial charge in [-0.3, -0.25) is 9.59 Å². The highest BCUT2D eigenvalue weighted by Gasteiger charge is 2.35. The van der Waals surface area contributed by atoms with Crippen LogP contribution in [0.25, 0.3) is 22.0 Å². The third kappa shape index (κ3) is 4.22. The van der Waals surface area contributed by atoms with Crippen molar-refractivity contribution in [2.75, 3.05) is 20.8 Å². The summed E-state index contributed by atoms with van der Waals surface area (Å²) >= 11 is 0. The van der Waals surface area contributed by atoms with Crippen molar-refractivity contribution < 1.29 is 14.3 Å². The molecule has 0 saturated heterocycles. The fourth-order valence-electron chi connectivity index (χ4n) is 4.61. The van der Waals surface area contributed by atoms with Gasteiger partial charge in [0.1, 0.15) is 12.4 Å². The highest BCUT2D eigenvalue weighted by Crippen LogP contribution is 2.37. The maximum atomic E-state index is 13.5. The second-order valence-corrected chi connectivity index (χ2v) is 8.33. The molecular weight excluding hydrogens is 442 g/mol. The minimum absolute atomic E-state index is 0.114. The maximum Gasteiger partial charge on any atom is 0.269 e. The van der Waals surface area contributed by atoms with Gasteiger partial charge in [-0.15, -0.1) is 0 Å². The van der Waals surface area contributed by atoms with E-state index >= 15 is 0 Å². The molecule has 1 aliphatic heterocycles. The Morgan fingerprint density at radius 2 is 1.77 bits per heavy atom. The van der Waals surface area contributed by atoms with Crippen LogP contribution in [0.1, 0.15) is 23.6 Å². The van der Waals surface area contributed by atoms with Crippen LogP contribution in [0.3, 0.4) is 0 Å². The average Bonchev–Trinajstić information content (AvgIpc) is 3.34. The lowest BCUT2D eigenvalue weighted by molar-refractivity contribution is -0.137. The van der Waals surface area contributed by atoms with Crippen LogP contribution in [0.15, 0.2) is 88.8 Å². The molecular formula is C28H25N3O4. The maximum absolute atomic E-state index is 13.5. The average molecular weight is 468 g/mol. The Bertz CT molecular complexity index is 1480. The zero-order chi connectivity index (χ0) is 24.4. The summed E-state index contributed by atoms with van der Waals surface area (Å²) in [7, 11) is 3.07. The first-order valence-corrected chi connectivity index (χ1v) is 11.3. The largest absolute Gasteiger partial charge is 0.497 e. The van der Waals surface area contributed by atoms with Crippen LogP contribution in [0, 0.1) is 0 Å². The molecule has 0 unspecified atom stereocenters. The zero-order valence-corrected chi connectivity index (χ0v) is 19.5. The minimum Gasteiger partial charge on any atom is -0.497 e. The van der Waals surface area contributed by atoms with E-state index in [4.69, 9.17) is 14.6 Å². The van der Waals surface area contributed by atoms with Crippen LogP contribution in [0.4, 0.5) is 0 Å². The molecule has 0 spiro atoms. The smallest absolute Gasteiger partial charge is 0.269 e. The lowest BCUT2D eigenvalue weighted by atomic mass is 9.91. The van der Waals surface area contributed by atoms with Gasteiger partial charge in [-0.1, -0.05) is 60.7 Å². The van der Waals surface area contributed by atoms with E-state index in [2.05, 4.69) is 4.98 Å². The fourth-order valence-corrected chi connectivity index (χ4v) is 4.61. The summed E-state index contributed by atoms with van der Waals surface area (Å²) in [6, 6.07) is 24.7. The SMILES string of the molecule is COCC(=O)N1N=C(c2c(-c3ccccc3)c3ccccc3[nH]c2=O)C[C@@H]1c1cccc(OC)c1. The zero-order valence-electron chi connectivity index (χ0n) is 19.5. The Morgan fingerprint density at radius 3 is 2.54 bits per heavy atom. The quantitative estimate of drug-likeness (QED) is 0.452. The molecule has 0 fully saturated rings. The number of benzene rings is 3. The minimum atomic E-state index is -0.391. The molecule has 0 aliphatic carbocycles. The number of hydrogen-bond acceptors (Lipinski definition) is 5. The highest BCUT2D eigenvalue weighted by atomic mass is 16.5. The van der Waals surface area contributed by atoms with Crippen molar-refractivity contribution in [1.82, 2.24) is 9.99 Å². The number of aromatic nitrogens is 1. The number of nitrogens with zero attached hydrogens (tertiary/aromatic N) is 2. The molecule has 0 saturated carbocycles. The number of para-hydroxylation sites is 1. The standard InChI is InChI=1S/C28H25N3O4/c1-34-17-25(32)31-24(19-11-8-12-20(15-19)35-2)16-23(30-31)27-26(18-9-4-3-5-10-18)21-13-6-7-14-22(21)29-28(27)33/h3-15,24H,16-17H2,1-2H3,(H,29,33)/t24-/m1/s1. The van der Waals surface area contributed by atoms with E-state index in [0.29, 0.717) is 23.4 Å². The number of aromatic amines is 1. The number of hydrogen-bond donors (Lipinski definition) is 1. The first kappa shape index (κ1) is 22.6. The number of pyridine rings is 1. The van der Waals surface area contributed by atoms with Gasteiger partial charge in [0.15, 0.2) is 0 Å². The van der Waals surface area contributed by atoms with Gasteiger partial charge in [-0.05, 0) is 29.3 Å². The number of fused-ring (bicyclic) bond motifs is 1. The van der Waals surface area contributed by atoms with E-state index in [1.165, 1.54) is 12.1 Å². The Morgan fingerprint density at radius 1 is 1.00 bits per heavy atom. The van der Waals surface area contributed by atoms with Crippen molar-refractivity contribution >= 4 is 22.5 Å². The molecule has 4 aromatic rings. The number of ether oxygens (including phenoxy) is 2. The lowest BCUT2D eigenvalue weighted by Gasteiger charge is -2.22. The molecule has 1 aliphatic rings. The van der Waals surface area contributed by atoms with Gasteiger partial charge in [0.25, 0.3) is 11.5 Å². The first-order chi connectivity index (χ1) is 17.1. The Labute approximate surface area is 202 Å². The van der Waals surface area contributed by atoms with Crippen molar-refractivity contribution in [3.05, 3.63) is 100 Å². The summed E-state index contributed by atoms with van der Waals surface area (Å²) in [6.07, 6.45) is 0.379. The topological polar surface area (TPSA) is 84.0 Å². The molecule has 176 valence electrons. The van der Waals surface area contributed by atoms with Crippen molar-refractivity contribution in [3.8, 4) is 16.9 Å². The Kier molecular flexibility index (Phi) is 6.16. The van der Waals surface area contributed by atoms with Crippen LogP contribution < -0.4 is 10.3 Å². The number of nitrogens with one attached hydrogen (secondary N) is 1. The molecule has 7 heteroatoms. The number of amides is 1. The molecule has 1 amide bonds. The Hall–Kier alpha value is -4.23. The third-order valence-corrected chi connectivity index (χ3v) is 6.18. The van der Waals surface area contributed by atoms with Gasteiger partial charge < -0.3 is 14.5 Å². The van der Waals surface area contributed by atoms with E-state index in [0.717, 1.165) is 27.6 Å². The summed E-state index contributed by atoms with van der Waals surface area (Å²) < 4.78 is 10.5. The molecule has 35 heavy (non-hydrogen) atoms. The predicted octanol–water partition coefficient (Wildman–Crippen LogP) is 4.53.